The Hall–Kier alpha value is -1.66. The molecule has 0 unspecified atom stereocenters. The molecule has 6 heteroatoms. The van der Waals surface area contributed by atoms with Gasteiger partial charge >= 0.3 is 0 Å². The van der Waals surface area contributed by atoms with Crippen LogP contribution in [0.15, 0.2) is 23.3 Å². The van der Waals surface area contributed by atoms with Crippen molar-refractivity contribution in [3.8, 4) is 0 Å². The molecule has 6 nitrogen and oxygen atoms in total. The van der Waals surface area contributed by atoms with Gasteiger partial charge < -0.3 is 15.4 Å². The predicted octanol–water partition coefficient (Wildman–Crippen LogP) is 2.13. The largest absolute Gasteiger partial charge is 0.379 e. The fourth-order valence-electron chi connectivity index (χ4n) is 4.29. The maximum atomic E-state index is 5.58. The molecule has 1 aliphatic heterocycles. The third-order valence-corrected chi connectivity index (χ3v) is 5.95. The fourth-order valence-corrected chi connectivity index (χ4v) is 4.29. The number of ether oxygens (including phenoxy) is 1. The molecular formula is C21H35N5O. The maximum Gasteiger partial charge on any atom is 0.191 e. The molecule has 0 atom stereocenters. The SMILES string of the molecule is CN=C(NCCc1ccc(C)nc1)NCC1(N2CCOCC2)CCCCC1. The molecule has 0 radical (unpaired) electrons. The van der Waals surface area contributed by atoms with Crippen LogP contribution in [0.1, 0.15) is 43.4 Å². The zero-order valence-corrected chi connectivity index (χ0v) is 17.0. The van der Waals surface area contributed by atoms with E-state index in [2.05, 4.69) is 37.6 Å². The van der Waals surface area contributed by atoms with Crippen LogP contribution in [0, 0.1) is 6.92 Å². The first-order valence-electron chi connectivity index (χ1n) is 10.4. The van der Waals surface area contributed by atoms with E-state index in [9.17, 15) is 0 Å². The van der Waals surface area contributed by atoms with Gasteiger partial charge in [0.2, 0.25) is 0 Å². The van der Waals surface area contributed by atoms with Crippen LogP contribution in [0.3, 0.4) is 0 Å². The number of nitrogens with zero attached hydrogens (tertiary/aromatic N) is 3. The molecule has 2 N–H and O–H groups in total. The predicted molar refractivity (Wildman–Crippen MR) is 110 cm³/mol. The van der Waals surface area contributed by atoms with Crippen molar-refractivity contribution in [2.75, 3.05) is 46.4 Å². The normalized spacial score (nSPS) is 21.0. The Balaban J connectivity index is 1.50. The summed E-state index contributed by atoms with van der Waals surface area (Å²) in [5, 5.41) is 7.07. The van der Waals surface area contributed by atoms with Gasteiger partial charge in [-0.15, -0.1) is 0 Å². The van der Waals surface area contributed by atoms with E-state index < -0.39 is 0 Å². The minimum absolute atomic E-state index is 0.251. The van der Waals surface area contributed by atoms with Gasteiger partial charge in [-0.1, -0.05) is 25.3 Å². The second-order valence-electron chi connectivity index (χ2n) is 7.79. The molecule has 0 amide bonds. The van der Waals surface area contributed by atoms with E-state index in [1.54, 1.807) is 0 Å². The second-order valence-corrected chi connectivity index (χ2v) is 7.79. The van der Waals surface area contributed by atoms with E-state index in [-0.39, 0.29) is 5.54 Å². The average Bonchev–Trinajstić information content (AvgIpc) is 2.73. The third kappa shape index (κ3) is 5.66. The van der Waals surface area contributed by atoms with Crippen LogP contribution in [0.2, 0.25) is 0 Å². The quantitative estimate of drug-likeness (QED) is 0.591. The van der Waals surface area contributed by atoms with Crippen LogP contribution in [0.5, 0.6) is 0 Å². The molecule has 1 aliphatic carbocycles. The number of hydrogen-bond donors (Lipinski definition) is 2. The summed E-state index contributed by atoms with van der Waals surface area (Å²) in [6.45, 7) is 7.65. The van der Waals surface area contributed by atoms with Crippen molar-refractivity contribution in [2.45, 2.75) is 51.0 Å². The van der Waals surface area contributed by atoms with Crippen molar-refractivity contribution in [1.82, 2.24) is 20.5 Å². The van der Waals surface area contributed by atoms with Crippen molar-refractivity contribution < 1.29 is 4.74 Å². The monoisotopic (exact) mass is 373 g/mol. The standard InChI is InChI=1S/C21H35N5O/c1-18-6-7-19(16-24-18)8-11-23-20(22-2)25-17-21(9-4-3-5-10-21)26-12-14-27-15-13-26/h6-7,16H,3-5,8-15,17H2,1-2H3,(H2,22,23,25). The summed E-state index contributed by atoms with van der Waals surface area (Å²) in [6.07, 6.45) is 9.46. The molecule has 1 aromatic rings. The molecule has 0 bridgehead atoms. The van der Waals surface area contributed by atoms with Gasteiger partial charge in [-0.05, 0) is 37.8 Å². The maximum absolute atomic E-state index is 5.58. The van der Waals surface area contributed by atoms with E-state index in [1.165, 1.54) is 37.7 Å². The molecule has 2 heterocycles. The highest BCUT2D eigenvalue weighted by molar-refractivity contribution is 5.79. The van der Waals surface area contributed by atoms with E-state index in [0.717, 1.165) is 57.5 Å². The lowest BCUT2D eigenvalue weighted by molar-refractivity contribution is -0.0352. The molecule has 150 valence electrons. The summed E-state index contributed by atoms with van der Waals surface area (Å²) in [6, 6.07) is 4.22. The van der Waals surface area contributed by atoms with Gasteiger partial charge in [0, 0.05) is 50.7 Å². The van der Waals surface area contributed by atoms with Crippen molar-refractivity contribution >= 4 is 5.96 Å². The first kappa shape index (κ1) is 20.1. The molecule has 2 aliphatic rings. The van der Waals surface area contributed by atoms with Gasteiger partial charge in [0.25, 0.3) is 0 Å². The lowest BCUT2D eigenvalue weighted by Crippen LogP contribution is -2.60. The fraction of sp³-hybridized carbons (Fsp3) is 0.714. The Labute approximate surface area is 163 Å². The highest BCUT2D eigenvalue weighted by Gasteiger charge is 2.38. The van der Waals surface area contributed by atoms with Crippen LogP contribution >= 0.6 is 0 Å². The molecular weight excluding hydrogens is 338 g/mol. The van der Waals surface area contributed by atoms with Crippen molar-refractivity contribution in [1.29, 1.82) is 0 Å². The second kappa shape index (κ2) is 10.0. The number of aromatic nitrogens is 1. The Kier molecular flexibility index (Phi) is 7.47. The van der Waals surface area contributed by atoms with E-state index in [4.69, 9.17) is 4.74 Å². The van der Waals surface area contributed by atoms with E-state index in [1.807, 2.05) is 20.2 Å². The summed E-state index contributed by atoms with van der Waals surface area (Å²) in [4.78, 5) is 11.5. The Morgan fingerprint density at radius 2 is 1.96 bits per heavy atom. The van der Waals surface area contributed by atoms with Gasteiger partial charge in [0.05, 0.1) is 13.2 Å². The number of nitrogens with one attached hydrogen (secondary N) is 2. The minimum atomic E-state index is 0.251. The number of rotatable bonds is 6. The summed E-state index contributed by atoms with van der Waals surface area (Å²) in [5.41, 5.74) is 2.56. The van der Waals surface area contributed by atoms with Crippen LogP contribution in [-0.4, -0.2) is 67.8 Å². The van der Waals surface area contributed by atoms with Crippen LogP contribution in [0.4, 0.5) is 0 Å². The van der Waals surface area contributed by atoms with Crippen molar-refractivity contribution in [3.63, 3.8) is 0 Å². The van der Waals surface area contributed by atoms with Crippen molar-refractivity contribution in [2.24, 2.45) is 4.99 Å². The number of morpholine rings is 1. The number of pyridine rings is 1. The molecule has 27 heavy (non-hydrogen) atoms. The lowest BCUT2D eigenvalue weighted by Gasteiger charge is -2.48. The van der Waals surface area contributed by atoms with Gasteiger partial charge in [-0.25, -0.2) is 0 Å². The molecule has 0 aromatic carbocycles. The van der Waals surface area contributed by atoms with Crippen LogP contribution < -0.4 is 10.6 Å². The summed E-state index contributed by atoms with van der Waals surface area (Å²) in [7, 11) is 1.85. The molecule has 0 spiro atoms. The smallest absolute Gasteiger partial charge is 0.191 e. The zero-order chi connectivity index (χ0) is 19.0. The van der Waals surface area contributed by atoms with Gasteiger partial charge in [-0.2, -0.15) is 0 Å². The number of aryl methyl sites for hydroxylation is 1. The van der Waals surface area contributed by atoms with Crippen LogP contribution in [0.25, 0.3) is 0 Å². The van der Waals surface area contributed by atoms with E-state index >= 15 is 0 Å². The van der Waals surface area contributed by atoms with Crippen molar-refractivity contribution in [3.05, 3.63) is 29.6 Å². The Morgan fingerprint density at radius 3 is 2.63 bits per heavy atom. The number of hydrogen-bond acceptors (Lipinski definition) is 4. The highest BCUT2D eigenvalue weighted by Crippen LogP contribution is 2.33. The molecule has 1 saturated carbocycles. The lowest BCUT2D eigenvalue weighted by atomic mass is 9.80. The van der Waals surface area contributed by atoms with Gasteiger partial charge in [0.15, 0.2) is 5.96 Å². The van der Waals surface area contributed by atoms with Gasteiger partial charge in [-0.3, -0.25) is 14.9 Å². The first-order valence-corrected chi connectivity index (χ1v) is 10.4. The summed E-state index contributed by atoms with van der Waals surface area (Å²) >= 11 is 0. The summed E-state index contributed by atoms with van der Waals surface area (Å²) < 4.78 is 5.58. The molecule has 3 rings (SSSR count). The average molecular weight is 374 g/mol. The summed E-state index contributed by atoms with van der Waals surface area (Å²) in [5.74, 6) is 0.897. The topological polar surface area (TPSA) is 61.8 Å². The Morgan fingerprint density at radius 1 is 1.19 bits per heavy atom. The molecule has 1 saturated heterocycles. The van der Waals surface area contributed by atoms with Crippen LogP contribution in [-0.2, 0) is 11.2 Å². The number of aliphatic imine (C=N–C) groups is 1. The Bertz CT molecular complexity index is 589. The number of guanidine groups is 1. The highest BCUT2D eigenvalue weighted by atomic mass is 16.5. The minimum Gasteiger partial charge on any atom is -0.379 e. The molecule has 1 aromatic heterocycles. The zero-order valence-electron chi connectivity index (χ0n) is 17.0. The van der Waals surface area contributed by atoms with Gasteiger partial charge in [0.1, 0.15) is 0 Å². The third-order valence-electron chi connectivity index (χ3n) is 5.95. The first-order chi connectivity index (χ1) is 13.2. The van der Waals surface area contributed by atoms with E-state index in [0.29, 0.717) is 0 Å². The molecule has 2 fully saturated rings.